The molecule has 0 heterocycles. The molecule has 120 valence electrons. The normalized spacial score (nSPS) is 12.6. The molecule has 0 saturated heterocycles. The van der Waals surface area contributed by atoms with Crippen LogP contribution in [0.15, 0.2) is 18.2 Å². The van der Waals surface area contributed by atoms with Crippen LogP contribution in [0, 0.1) is 0 Å². The van der Waals surface area contributed by atoms with Crippen molar-refractivity contribution in [1.82, 2.24) is 5.32 Å². The standard InChI is InChI=1S/C15H22ClF3N2/c1-5-21(10-15(17,18)19)13-11(7-6-8-12(13)16)9-20-14(2,3)4/h6-8,20H,5,9-10H2,1-4H3. The molecule has 0 spiro atoms. The summed E-state index contributed by atoms with van der Waals surface area (Å²) in [5.74, 6) is 0. The topological polar surface area (TPSA) is 15.3 Å². The first-order valence-electron chi connectivity index (χ1n) is 6.87. The molecule has 0 aliphatic carbocycles. The van der Waals surface area contributed by atoms with E-state index in [2.05, 4.69) is 5.32 Å². The molecular formula is C15H22ClF3N2. The highest BCUT2D eigenvalue weighted by Crippen LogP contribution is 2.32. The number of alkyl halides is 3. The van der Waals surface area contributed by atoms with Crippen molar-refractivity contribution >= 4 is 17.3 Å². The van der Waals surface area contributed by atoms with Gasteiger partial charge < -0.3 is 10.2 Å². The zero-order valence-electron chi connectivity index (χ0n) is 12.8. The van der Waals surface area contributed by atoms with Crippen molar-refractivity contribution in [2.24, 2.45) is 0 Å². The molecule has 0 aliphatic rings. The van der Waals surface area contributed by atoms with Crippen LogP contribution in [0.1, 0.15) is 33.3 Å². The zero-order valence-corrected chi connectivity index (χ0v) is 13.6. The predicted molar refractivity (Wildman–Crippen MR) is 82.0 cm³/mol. The largest absolute Gasteiger partial charge is 0.405 e. The van der Waals surface area contributed by atoms with Gasteiger partial charge in [-0.25, -0.2) is 0 Å². The van der Waals surface area contributed by atoms with Crippen LogP contribution in [0.3, 0.4) is 0 Å². The van der Waals surface area contributed by atoms with Gasteiger partial charge in [0.2, 0.25) is 0 Å². The molecule has 0 fully saturated rings. The van der Waals surface area contributed by atoms with Gasteiger partial charge in [0.05, 0.1) is 10.7 Å². The number of nitrogens with one attached hydrogen (secondary N) is 1. The second-order valence-corrected chi connectivity index (χ2v) is 6.39. The molecule has 0 amide bonds. The lowest BCUT2D eigenvalue weighted by Crippen LogP contribution is -2.37. The van der Waals surface area contributed by atoms with Crippen LogP contribution in [0.25, 0.3) is 0 Å². The second-order valence-electron chi connectivity index (χ2n) is 5.98. The Labute approximate surface area is 129 Å². The van der Waals surface area contributed by atoms with E-state index in [0.29, 0.717) is 17.3 Å². The minimum Gasteiger partial charge on any atom is -0.361 e. The maximum absolute atomic E-state index is 12.7. The first kappa shape index (κ1) is 18.1. The number of para-hydroxylation sites is 1. The third-order valence-corrected chi connectivity index (χ3v) is 3.25. The third-order valence-electron chi connectivity index (χ3n) is 2.95. The van der Waals surface area contributed by atoms with Crippen molar-refractivity contribution in [2.75, 3.05) is 18.0 Å². The van der Waals surface area contributed by atoms with E-state index >= 15 is 0 Å². The van der Waals surface area contributed by atoms with Gasteiger partial charge in [-0.05, 0) is 39.3 Å². The number of nitrogens with zero attached hydrogens (tertiary/aromatic N) is 1. The van der Waals surface area contributed by atoms with Crippen molar-refractivity contribution in [3.63, 3.8) is 0 Å². The molecule has 2 nitrogen and oxygen atoms in total. The minimum absolute atomic E-state index is 0.124. The molecule has 0 saturated carbocycles. The fourth-order valence-electron chi connectivity index (χ4n) is 1.98. The van der Waals surface area contributed by atoms with E-state index in [9.17, 15) is 13.2 Å². The fraction of sp³-hybridized carbons (Fsp3) is 0.600. The summed E-state index contributed by atoms with van der Waals surface area (Å²) in [5, 5.41) is 3.62. The molecule has 1 aromatic carbocycles. The quantitative estimate of drug-likeness (QED) is 0.851. The molecule has 21 heavy (non-hydrogen) atoms. The molecule has 0 aromatic heterocycles. The number of halogens is 4. The summed E-state index contributed by atoms with van der Waals surface area (Å²) < 4.78 is 38.1. The Morgan fingerprint density at radius 1 is 1.19 bits per heavy atom. The molecule has 0 unspecified atom stereocenters. The smallest absolute Gasteiger partial charge is 0.361 e. The second kappa shape index (κ2) is 6.88. The van der Waals surface area contributed by atoms with Crippen molar-refractivity contribution < 1.29 is 13.2 Å². The van der Waals surface area contributed by atoms with E-state index in [-0.39, 0.29) is 12.1 Å². The number of rotatable bonds is 5. The molecule has 1 N–H and O–H groups in total. The summed E-state index contributed by atoms with van der Waals surface area (Å²) in [6.07, 6.45) is -4.26. The molecule has 1 rings (SSSR count). The van der Waals surface area contributed by atoms with Crippen LogP contribution >= 0.6 is 11.6 Å². The van der Waals surface area contributed by atoms with Gasteiger partial charge in [-0.1, -0.05) is 23.7 Å². The maximum Gasteiger partial charge on any atom is 0.405 e. The van der Waals surface area contributed by atoms with Gasteiger partial charge >= 0.3 is 6.18 Å². The van der Waals surface area contributed by atoms with E-state index in [4.69, 9.17) is 11.6 Å². The Morgan fingerprint density at radius 2 is 1.81 bits per heavy atom. The molecular weight excluding hydrogens is 301 g/mol. The summed E-state index contributed by atoms with van der Waals surface area (Å²) in [5.41, 5.74) is 1.10. The summed E-state index contributed by atoms with van der Waals surface area (Å²) in [6.45, 7) is 7.41. The van der Waals surface area contributed by atoms with Gasteiger partial charge in [0, 0.05) is 18.6 Å². The summed E-state index contributed by atoms with van der Waals surface area (Å²) >= 11 is 6.14. The molecule has 0 bridgehead atoms. The minimum atomic E-state index is -4.26. The Morgan fingerprint density at radius 3 is 2.29 bits per heavy atom. The predicted octanol–water partition coefficient (Wildman–Crippen LogP) is 4.62. The van der Waals surface area contributed by atoms with Crippen LogP contribution in [-0.2, 0) is 6.54 Å². The van der Waals surface area contributed by atoms with Gasteiger partial charge in [-0.3, -0.25) is 0 Å². The van der Waals surface area contributed by atoms with Crippen molar-refractivity contribution in [3.05, 3.63) is 28.8 Å². The highest BCUT2D eigenvalue weighted by atomic mass is 35.5. The van der Waals surface area contributed by atoms with E-state index in [0.717, 1.165) is 5.56 Å². The van der Waals surface area contributed by atoms with E-state index < -0.39 is 12.7 Å². The van der Waals surface area contributed by atoms with Crippen LogP contribution in [-0.4, -0.2) is 24.8 Å². The van der Waals surface area contributed by atoms with Crippen LogP contribution < -0.4 is 10.2 Å². The van der Waals surface area contributed by atoms with Gasteiger partial charge in [0.15, 0.2) is 0 Å². The van der Waals surface area contributed by atoms with Crippen molar-refractivity contribution in [3.8, 4) is 0 Å². The maximum atomic E-state index is 12.7. The molecule has 0 aliphatic heterocycles. The summed E-state index contributed by atoms with van der Waals surface area (Å²) in [7, 11) is 0. The number of hydrogen-bond donors (Lipinski definition) is 1. The Kier molecular flexibility index (Phi) is 5.93. The summed E-state index contributed by atoms with van der Waals surface area (Å²) in [4.78, 5) is 1.27. The Hall–Kier alpha value is -0.940. The SMILES string of the molecule is CCN(CC(F)(F)F)c1c(Cl)cccc1CNC(C)(C)C. The molecule has 0 radical (unpaired) electrons. The van der Waals surface area contributed by atoms with Crippen LogP contribution in [0.5, 0.6) is 0 Å². The summed E-state index contributed by atoms with van der Waals surface area (Å²) in [6, 6.07) is 5.18. The van der Waals surface area contributed by atoms with Crippen molar-refractivity contribution in [1.29, 1.82) is 0 Å². The Balaban J connectivity index is 3.08. The van der Waals surface area contributed by atoms with Gasteiger partial charge in [-0.2, -0.15) is 13.2 Å². The van der Waals surface area contributed by atoms with E-state index in [1.807, 2.05) is 20.8 Å². The average Bonchev–Trinajstić information content (AvgIpc) is 2.32. The number of hydrogen-bond acceptors (Lipinski definition) is 2. The molecule has 6 heteroatoms. The molecule has 0 atom stereocenters. The monoisotopic (exact) mass is 322 g/mol. The van der Waals surface area contributed by atoms with E-state index in [1.165, 1.54) is 4.90 Å². The van der Waals surface area contributed by atoms with Gasteiger partial charge in [0.25, 0.3) is 0 Å². The molecule has 1 aromatic rings. The van der Waals surface area contributed by atoms with Crippen LogP contribution in [0.4, 0.5) is 18.9 Å². The van der Waals surface area contributed by atoms with Crippen LogP contribution in [0.2, 0.25) is 5.02 Å². The van der Waals surface area contributed by atoms with Crippen molar-refractivity contribution in [2.45, 2.75) is 46.0 Å². The van der Waals surface area contributed by atoms with Gasteiger partial charge in [-0.15, -0.1) is 0 Å². The van der Waals surface area contributed by atoms with Gasteiger partial charge in [0.1, 0.15) is 6.54 Å². The number of benzene rings is 1. The number of anilines is 1. The zero-order chi connectivity index (χ0) is 16.3. The fourth-order valence-corrected chi connectivity index (χ4v) is 2.30. The highest BCUT2D eigenvalue weighted by molar-refractivity contribution is 6.33. The lowest BCUT2D eigenvalue weighted by atomic mass is 10.1. The first-order chi connectivity index (χ1) is 9.53. The third kappa shape index (κ3) is 6.14. The average molecular weight is 323 g/mol. The first-order valence-corrected chi connectivity index (χ1v) is 7.25. The highest BCUT2D eigenvalue weighted by Gasteiger charge is 2.31. The van der Waals surface area contributed by atoms with E-state index in [1.54, 1.807) is 25.1 Å². The Bertz CT molecular complexity index is 467. The lowest BCUT2D eigenvalue weighted by molar-refractivity contribution is -0.119. The lowest BCUT2D eigenvalue weighted by Gasteiger charge is -2.29.